The lowest BCUT2D eigenvalue weighted by molar-refractivity contribution is -0.136. The van der Waals surface area contributed by atoms with Crippen molar-refractivity contribution in [3.05, 3.63) is 22.4 Å². The van der Waals surface area contributed by atoms with Crippen LogP contribution in [0.4, 0.5) is 0 Å². The quantitative estimate of drug-likeness (QED) is 0.909. The second-order valence-electron chi connectivity index (χ2n) is 5.53. The van der Waals surface area contributed by atoms with E-state index < -0.39 is 0 Å². The highest BCUT2D eigenvalue weighted by Gasteiger charge is 2.44. The van der Waals surface area contributed by atoms with E-state index in [0.717, 1.165) is 6.42 Å². The summed E-state index contributed by atoms with van der Waals surface area (Å²) in [7, 11) is 1.94. The molecule has 4 heteroatoms. The predicted molar refractivity (Wildman–Crippen MR) is 73.6 cm³/mol. The Morgan fingerprint density at radius 3 is 2.94 bits per heavy atom. The molecule has 4 unspecified atom stereocenters. The zero-order valence-corrected chi connectivity index (χ0v) is 11.7. The third-order valence-electron chi connectivity index (χ3n) is 4.50. The molecule has 3 rings (SSSR count). The normalized spacial score (nSPS) is 31.6. The van der Waals surface area contributed by atoms with E-state index in [-0.39, 0.29) is 12.0 Å². The smallest absolute Gasteiger partial charge is 0.227 e. The van der Waals surface area contributed by atoms with Gasteiger partial charge in [0.25, 0.3) is 0 Å². The molecule has 0 saturated carbocycles. The Morgan fingerprint density at radius 1 is 1.56 bits per heavy atom. The van der Waals surface area contributed by atoms with E-state index in [1.807, 2.05) is 18.0 Å². The van der Waals surface area contributed by atoms with Gasteiger partial charge in [-0.1, -0.05) is 6.07 Å². The molecule has 0 aliphatic carbocycles. The third-order valence-corrected chi connectivity index (χ3v) is 5.54. The van der Waals surface area contributed by atoms with Crippen LogP contribution in [0.15, 0.2) is 17.5 Å². The molecule has 2 saturated heterocycles. The van der Waals surface area contributed by atoms with Gasteiger partial charge >= 0.3 is 0 Å². The molecule has 2 fully saturated rings. The molecule has 0 radical (unpaired) electrons. The Kier molecular flexibility index (Phi) is 3.16. The fourth-order valence-electron chi connectivity index (χ4n) is 3.27. The minimum Gasteiger partial charge on any atom is -0.338 e. The monoisotopic (exact) mass is 264 g/mol. The average Bonchev–Trinajstić information content (AvgIpc) is 3.11. The maximum atomic E-state index is 12.6. The molecular formula is C14H20N2OS. The second kappa shape index (κ2) is 4.67. The van der Waals surface area contributed by atoms with Gasteiger partial charge in [0.1, 0.15) is 0 Å². The molecule has 3 heterocycles. The van der Waals surface area contributed by atoms with Crippen LogP contribution in [-0.4, -0.2) is 29.9 Å². The Labute approximate surface area is 112 Å². The van der Waals surface area contributed by atoms with Gasteiger partial charge < -0.3 is 10.2 Å². The highest BCUT2D eigenvalue weighted by molar-refractivity contribution is 7.10. The van der Waals surface area contributed by atoms with E-state index in [1.165, 1.54) is 17.7 Å². The van der Waals surface area contributed by atoms with Gasteiger partial charge in [-0.2, -0.15) is 0 Å². The van der Waals surface area contributed by atoms with Crippen LogP contribution in [0.5, 0.6) is 0 Å². The number of carbonyl (C=O) groups is 1. The number of hydrogen-bond acceptors (Lipinski definition) is 3. The largest absolute Gasteiger partial charge is 0.338 e. The number of thiophene rings is 1. The first-order valence-electron chi connectivity index (χ1n) is 6.73. The number of rotatable bonds is 3. The molecule has 1 aromatic rings. The summed E-state index contributed by atoms with van der Waals surface area (Å²) in [6, 6.07) is 5.37. The van der Waals surface area contributed by atoms with Crippen LogP contribution in [0, 0.1) is 5.92 Å². The molecular weight excluding hydrogens is 244 g/mol. The lowest BCUT2D eigenvalue weighted by Gasteiger charge is -2.29. The van der Waals surface area contributed by atoms with Gasteiger partial charge in [0.2, 0.25) is 5.91 Å². The number of nitrogens with one attached hydrogen (secondary N) is 1. The fraction of sp³-hybridized carbons (Fsp3) is 0.643. The van der Waals surface area contributed by atoms with Gasteiger partial charge in [-0.15, -0.1) is 11.3 Å². The van der Waals surface area contributed by atoms with Crippen LogP contribution >= 0.6 is 11.3 Å². The summed E-state index contributed by atoms with van der Waals surface area (Å²) < 4.78 is 0. The number of carbonyl (C=O) groups excluding carboxylic acids is 1. The topological polar surface area (TPSA) is 32.3 Å². The molecule has 18 heavy (non-hydrogen) atoms. The molecule has 1 N–H and O–H groups in total. The van der Waals surface area contributed by atoms with Gasteiger partial charge in [-0.25, -0.2) is 0 Å². The standard InChI is InChI=1S/C14H20N2OS/c1-9(13-4-3-7-18-13)16(2)14(17)11-8-10-5-6-12(11)15-10/h3-4,7,9-12,15H,5-6,8H2,1-2H3. The molecule has 2 aliphatic rings. The van der Waals surface area contributed by atoms with Crippen molar-refractivity contribution in [2.45, 2.75) is 44.3 Å². The van der Waals surface area contributed by atoms with E-state index in [0.29, 0.717) is 18.0 Å². The molecule has 98 valence electrons. The summed E-state index contributed by atoms with van der Waals surface area (Å²) >= 11 is 1.73. The third kappa shape index (κ3) is 1.97. The Bertz CT molecular complexity index is 431. The Balaban J connectivity index is 1.69. The highest BCUT2D eigenvalue weighted by atomic mass is 32.1. The maximum absolute atomic E-state index is 12.6. The first-order chi connectivity index (χ1) is 8.66. The number of nitrogens with zero attached hydrogens (tertiary/aromatic N) is 1. The number of hydrogen-bond donors (Lipinski definition) is 1. The molecule has 2 bridgehead atoms. The van der Waals surface area contributed by atoms with Gasteiger partial charge in [0, 0.05) is 24.0 Å². The van der Waals surface area contributed by atoms with Crippen molar-refractivity contribution in [1.82, 2.24) is 10.2 Å². The predicted octanol–water partition coefficient (Wildman–Crippen LogP) is 2.41. The van der Waals surface area contributed by atoms with Crippen LogP contribution in [0.3, 0.4) is 0 Å². The summed E-state index contributed by atoms with van der Waals surface area (Å²) in [5, 5.41) is 5.62. The van der Waals surface area contributed by atoms with E-state index >= 15 is 0 Å². The number of fused-ring (bicyclic) bond motifs is 2. The lowest BCUT2D eigenvalue weighted by Crippen LogP contribution is -2.39. The highest BCUT2D eigenvalue weighted by Crippen LogP contribution is 2.35. The first-order valence-corrected chi connectivity index (χ1v) is 7.61. The minimum absolute atomic E-state index is 0.191. The molecule has 0 aromatic carbocycles. The summed E-state index contributed by atoms with van der Waals surface area (Å²) in [6.45, 7) is 2.12. The maximum Gasteiger partial charge on any atom is 0.227 e. The van der Waals surface area contributed by atoms with Crippen molar-refractivity contribution in [2.24, 2.45) is 5.92 Å². The van der Waals surface area contributed by atoms with Crippen molar-refractivity contribution in [3.63, 3.8) is 0 Å². The van der Waals surface area contributed by atoms with Crippen LogP contribution in [0.2, 0.25) is 0 Å². The summed E-state index contributed by atoms with van der Waals surface area (Å²) in [5.41, 5.74) is 0. The summed E-state index contributed by atoms with van der Waals surface area (Å²) in [5.74, 6) is 0.520. The van der Waals surface area contributed by atoms with Crippen LogP contribution in [0.1, 0.15) is 37.1 Å². The SMILES string of the molecule is CC(c1cccs1)N(C)C(=O)C1CC2CCC1N2. The zero-order valence-electron chi connectivity index (χ0n) is 10.9. The van der Waals surface area contributed by atoms with Gasteiger partial charge in [0.15, 0.2) is 0 Å². The Hall–Kier alpha value is -0.870. The van der Waals surface area contributed by atoms with Crippen molar-refractivity contribution in [1.29, 1.82) is 0 Å². The number of amides is 1. The molecule has 1 amide bonds. The van der Waals surface area contributed by atoms with Crippen LogP contribution in [-0.2, 0) is 4.79 Å². The molecule has 4 atom stereocenters. The summed E-state index contributed by atoms with van der Waals surface area (Å²) in [6.07, 6.45) is 3.45. The minimum atomic E-state index is 0.191. The van der Waals surface area contributed by atoms with E-state index in [1.54, 1.807) is 11.3 Å². The Morgan fingerprint density at radius 2 is 2.39 bits per heavy atom. The van der Waals surface area contributed by atoms with E-state index in [2.05, 4.69) is 23.7 Å². The van der Waals surface area contributed by atoms with Crippen molar-refractivity contribution >= 4 is 17.2 Å². The molecule has 1 aromatic heterocycles. The van der Waals surface area contributed by atoms with Crippen LogP contribution < -0.4 is 5.32 Å². The second-order valence-corrected chi connectivity index (χ2v) is 6.51. The van der Waals surface area contributed by atoms with Crippen molar-refractivity contribution in [2.75, 3.05) is 7.05 Å². The van der Waals surface area contributed by atoms with Crippen molar-refractivity contribution in [3.8, 4) is 0 Å². The van der Waals surface area contributed by atoms with Gasteiger partial charge in [-0.3, -0.25) is 4.79 Å². The lowest BCUT2D eigenvalue weighted by atomic mass is 9.88. The summed E-state index contributed by atoms with van der Waals surface area (Å²) in [4.78, 5) is 15.8. The van der Waals surface area contributed by atoms with Crippen LogP contribution in [0.25, 0.3) is 0 Å². The van der Waals surface area contributed by atoms with E-state index in [9.17, 15) is 4.79 Å². The van der Waals surface area contributed by atoms with E-state index in [4.69, 9.17) is 0 Å². The molecule has 2 aliphatic heterocycles. The average molecular weight is 264 g/mol. The zero-order chi connectivity index (χ0) is 12.7. The fourth-order valence-corrected chi connectivity index (χ4v) is 4.10. The van der Waals surface area contributed by atoms with Gasteiger partial charge in [0.05, 0.1) is 12.0 Å². The molecule has 0 spiro atoms. The molecule has 3 nitrogen and oxygen atoms in total. The van der Waals surface area contributed by atoms with Gasteiger partial charge in [-0.05, 0) is 37.6 Å². The first kappa shape index (κ1) is 12.2. The van der Waals surface area contributed by atoms with Crippen molar-refractivity contribution < 1.29 is 4.79 Å².